The van der Waals surface area contributed by atoms with Gasteiger partial charge in [-0.05, 0) is 48.5 Å². The molecule has 0 atom stereocenters. The van der Waals surface area contributed by atoms with E-state index >= 15 is 0 Å². The molecule has 0 bridgehead atoms. The largest absolute Gasteiger partial charge is 0.484 e. The number of hydrogen-bond acceptors (Lipinski definition) is 7. The van der Waals surface area contributed by atoms with Crippen LogP contribution >= 0.6 is 11.3 Å². The lowest BCUT2D eigenvalue weighted by Crippen LogP contribution is -2.20. The number of hydrogen-bond donors (Lipinski definition) is 1. The summed E-state index contributed by atoms with van der Waals surface area (Å²) >= 11 is 1.25. The van der Waals surface area contributed by atoms with Crippen LogP contribution in [0.15, 0.2) is 79.0 Å². The van der Waals surface area contributed by atoms with Crippen molar-refractivity contribution in [2.75, 3.05) is 11.9 Å². The zero-order valence-electron chi connectivity index (χ0n) is 15.2. The topological polar surface area (TPSA) is 86.2 Å². The quantitative estimate of drug-likeness (QED) is 0.491. The molecule has 0 saturated heterocycles. The smallest absolute Gasteiger partial charge is 0.264 e. The molecule has 0 unspecified atom stereocenters. The Morgan fingerprint density at radius 2 is 1.59 bits per heavy atom. The van der Waals surface area contributed by atoms with Crippen LogP contribution in [0.4, 0.5) is 5.13 Å². The fourth-order valence-electron chi connectivity index (χ4n) is 2.40. The molecule has 0 aliphatic heterocycles. The lowest BCUT2D eigenvalue weighted by Gasteiger charge is -2.08. The number of amides is 1. The first kappa shape index (κ1) is 18.6. The van der Waals surface area contributed by atoms with Crippen LogP contribution in [0.3, 0.4) is 0 Å². The zero-order chi connectivity index (χ0) is 19.9. The van der Waals surface area contributed by atoms with Gasteiger partial charge in [0, 0.05) is 6.20 Å². The number of nitrogens with zero attached hydrogens (tertiary/aromatic N) is 3. The van der Waals surface area contributed by atoms with Crippen molar-refractivity contribution in [2.24, 2.45) is 0 Å². The van der Waals surface area contributed by atoms with Crippen molar-refractivity contribution in [3.05, 3.63) is 79.0 Å². The van der Waals surface area contributed by atoms with Gasteiger partial charge in [-0.3, -0.25) is 15.1 Å². The highest BCUT2D eigenvalue weighted by Gasteiger charge is 2.11. The molecule has 0 aliphatic rings. The van der Waals surface area contributed by atoms with Crippen molar-refractivity contribution in [1.29, 1.82) is 0 Å². The first-order valence-corrected chi connectivity index (χ1v) is 9.58. The third-order valence-electron chi connectivity index (χ3n) is 3.73. The number of rotatable bonds is 7. The molecule has 0 fully saturated rings. The summed E-state index contributed by atoms with van der Waals surface area (Å²) in [6, 6.07) is 22.1. The van der Waals surface area contributed by atoms with Gasteiger partial charge in [0.05, 0.1) is 0 Å². The van der Waals surface area contributed by atoms with Crippen molar-refractivity contribution in [1.82, 2.24) is 15.2 Å². The van der Waals surface area contributed by atoms with Crippen molar-refractivity contribution >= 4 is 22.4 Å². The summed E-state index contributed by atoms with van der Waals surface area (Å²) in [5.74, 6) is 1.68. The van der Waals surface area contributed by atoms with Crippen LogP contribution in [0.25, 0.3) is 10.7 Å². The van der Waals surface area contributed by atoms with E-state index in [1.165, 1.54) is 11.3 Å². The molecule has 2 heterocycles. The Kier molecular flexibility index (Phi) is 5.73. The number of carbonyl (C=O) groups is 1. The Balaban J connectivity index is 1.28. The molecule has 29 heavy (non-hydrogen) atoms. The minimum Gasteiger partial charge on any atom is -0.484 e. The summed E-state index contributed by atoms with van der Waals surface area (Å²) in [7, 11) is 0. The maximum atomic E-state index is 12.1. The average Bonchev–Trinajstić information content (AvgIpc) is 3.23. The zero-order valence-corrected chi connectivity index (χ0v) is 16.0. The molecule has 8 heteroatoms. The number of carbonyl (C=O) groups excluding carboxylic acids is 1. The second-order valence-corrected chi connectivity index (χ2v) is 6.83. The first-order chi connectivity index (χ1) is 14.3. The predicted octanol–water partition coefficient (Wildman–Crippen LogP) is 4.41. The molecule has 0 aliphatic carbocycles. The minimum atomic E-state index is -0.321. The van der Waals surface area contributed by atoms with Crippen molar-refractivity contribution in [3.63, 3.8) is 0 Å². The molecule has 0 saturated carbocycles. The summed E-state index contributed by atoms with van der Waals surface area (Å²) in [5, 5.41) is 11.7. The van der Waals surface area contributed by atoms with Crippen LogP contribution in [0, 0.1) is 0 Å². The molecule has 2 aromatic carbocycles. The molecular formula is C21H16N4O3S. The van der Waals surface area contributed by atoms with Gasteiger partial charge < -0.3 is 9.47 Å². The van der Waals surface area contributed by atoms with Gasteiger partial charge in [-0.1, -0.05) is 35.6 Å². The average molecular weight is 404 g/mol. The van der Waals surface area contributed by atoms with E-state index in [4.69, 9.17) is 9.47 Å². The summed E-state index contributed by atoms with van der Waals surface area (Å²) in [6.45, 7) is -0.141. The molecule has 4 rings (SSSR count). The maximum Gasteiger partial charge on any atom is 0.264 e. The summed E-state index contributed by atoms with van der Waals surface area (Å²) < 4.78 is 11.2. The highest BCUT2D eigenvalue weighted by molar-refractivity contribution is 7.18. The van der Waals surface area contributed by atoms with Crippen molar-refractivity contribution < 1.29 is 14.3 Å². The lowest BCUT2D eigenvalue weighted by molar-refractivity contribution is -0.118. The molecule has 0 radical (unpaired) electrons. The summed E-state index contributed by atoms with van der Waals surface area (Å²) in [4.78, 5) is 16.3. The van der Waals surface area contributed by atoms with Gasteiger partial charge in [-0.2, -0.15) is 0 Å². The molecule has 1 N–H and O–H groups in total. The first-order valence-electron chi connectivity index (χ1n) is 8.77. The lowest BCUT2D eigenvalue weighted by atomic mass is 10.3. The predicted molar refractivity (Wildman–Crippen MR) is 110 cm³/mol. The van der Waals surface area contributed by atoms with Crippen LogP contribution in [-0.2, 0) is 4.79 Å². The van der Waals surface area contributed by atoms with E-state index in [2.05, 4.69) is 20.5 Å². The van der Waals surface area contributed by atoms with Crippen LogP contribution in [0.1, 0.15) is 0 Å². The Labute approximate surface area is 171 Å². The number of anilines is 1. The van der Waals surface area contributed by atoms with E-state index in [9.17, 15) is 4.79 Å². The highest BCUT2D eigenvalue weighted by Crippen LogP contribution is 2.25. The number of para-hydroxylation sites is 1. The molecular weight excluding hydrogens is 388 g/mol. The molecule has 0 spiro atoms. The summed E-state index contributed by atoms with van der Waals surface area (Å²) in [5.41, 5.74) is 0.708. The van der Waals surface area contributed by atoms with E-state index in [1.54, 1.807) is 30.5 Å². The van der Waals surface area contributed by atoms with Gasteiger partial charge in [0.1, 0.15) is 22.9 Å². The van der Waals surface area contributed by atoms with Gasteiger partial charge in [-0.15, -0.1) is 10.2 Å². The van der Waals surface area contributed by atoms with Crippen molar-refractivity contribution in [2.45, 2.75) is 0 Å². The normalized spacial score (nSPS) is 10.3. The van der Waals surface area contributed by atoms with E-state index in [-0.39, 0.29) is 12.5 Å². The van der Waals surface area contributed by atoms with E-state index in [0.717, 1.165) is 5.75 Å². The maximum absolute atomic E-state index is 12.1. The number of pyridine rings is 1. The second kappa shape index (κ2) is 8.94. The van der Waals surface area contributed by atoms with Gasteiger partial charge in [0.25, 0.3) is 5.91 Å². The highest BCUT2D eigenvalue weighted by atomic mass is 32.1. The van der Waals surface area contributed by atoms with Gasteiger partial charge in [0.2, 0.25) is 5.13 Å². The minimum absolute atomic E-state index is 0.141. The van der Waals surface area contributed by atoms with Crippen LogP contribution in [0.2, 0.25) is 0 Å². The van der Waals surface area contributed by atoms with E-state index in [1.807, 2.05) is 48.5 Å². The monoisotopic (exact) mass is 404 g/mol. The number of benzene rings is 2. The molecule has 1 amide bonds. The van der Waals surface area contributed by atoms with Gasteiger partial charge in [-0.25, -0.2) is 0 Å². The third kappa shape index (κ3) is 5.14. The third-order valence-corrected chi connectivity index (χ3v) is 4.59. The van der Waals surface area contributed by atoms with Gasteiger partial charge in [0.15, 0.2) is 11.6 Å². The van der Waals surface area contributed by atoms with Gasteiger partial charge >= 0.3 is 0 Å². The standard InChI is InChI=1S/C21H16N4O3S/c26-19(23-21-25-24-20(29-21)18-8-4-5-13-22-18)14-27-15-9-11-17(12-10-15)28-16-6-2-1-3-7-16/h1-13H,14H2,(H,23,25,26). The van der Waals surface area contributed by atoms with Crippen LogP contribution in [0.5, 0.6) is 17.2 Å². The molecule has 7 nitrogen and oxygen atoms in total. The molecule has 144 valence electrons. The summed E-state index contributed by atoms with van der Waals surface area (Å²) in [6.07, 6.45) is 1.68. The SMILES string of the molecule is O=C(COc1ccc(Oc2ccccc2)cc1)Nc1nnc(-c2ccccn2)s1. The second-order valence-electron chi connectivity index (χ2n) is 5.85. The number of nitrogens with one attached hydrogen (secondary N) is 1. The van der Waals surface area contributed by atoms with Crippen LogP contribution in [-0.4, -0.2) is 27.7 Å². The number of aromatic nitrogens is 3. The Bertz CT molecular complexity index is 1070. The Morgan fingerprint density at radius 3 is 2.34 bits per heavy atom. The van der Waals surface area contributed by atoms with E-state index in [0.29, 0.717) is 27.3 Å². The van der Waals surface area contributed by atoms with Crippen LogP contribution < -0.4 is 14.8 Å². The molecule has 2 aromatic heterocycles. The van der Waals surface area contributed by atoms with Crippen molar-refractivity contribution in [3.8, 4) is 28.0 Å². The molecule has 4 aromatic rings. The Hall–Kier alpha value is -3.78. The fraction of sp³-hybridized carbons (Fsp3) is 0.0476. The fourth-order valence-corrected chi connectivity index (χ4v) is 3.14. The van der Waals surface area contributed by atoms with E-state index < -0.39 is 0 Å². The Morgan fingerprint density at radius 1 is 0.862 bits per heavy atom. The number of ether oxygens (including phenoxy) is 2.